The van der Waals surface area contributed by atoms with E-state index in [0.717, 1.165) is 34.2 Å². The summed E-state index contributed by atoms with van der Waals surface area (Å²) in [6.07, 6.45) is -0.524. The summed E-state index contributed by atoms with van der Waals surface area (Å²) >= 11 is 0. The van der Waals surface area contributed by atoms with Crippen LogP contribution in [0.15, 0.2) is 94.9 Å². The number of ether oxygens (including phenoxy) is 2. The maximum absolute atomic E-state index is 16.0. The number of morpholine rings is 1. The van der Waals surface area contributed by atoms with Gasteiger partial charge in [0.1, 0.15) is 23.7 Å². The second-order valence-electron chi connectivity index (χ2n) is 14.7. The summed E-state index contributed by atoms with van der Waals surface area (Å²) in [5, 5.41) is 3.31. The Bertz CT molecular complexity index is 2730. The van der Waals surface area contributed by atoms with Gasteiger partial charge in [-0.3, -0.25) is 29.0 Å². The van der Waals surface area contributed by atoms with Gasteiger partial charge in [-0.25, -0.2) is 18.5 Å². The third-order valence-corrected chi connectivity index (χ3v) is 10.9. The molecule has 1 fully saturated rings. The molecule has 6 aromatic rings. The summed E-state index contributed by atoms with van der Waals surface area (Å²) in [5.41, 5.74) is 0.333. The predicted octanol–water partition coefficient (Wildman–Crippen LogP) is 5.64. The Morgan fingerprint density at radius 3 is 2.54 bits per heavy atom. The van der Waals surface area contributed by atoms with E-state index in [0.29, 0.717) is 23.0 Å². The van der Waals surface area contributed by atoms with E-state index in [1.165, 1.54) is 55.3 Å². The monoisotopic (exact) mass is 841 g/mol. The van der Waals surface area contributed by atoms with Gasteiger partial charge in [0.25, 0.3) is 11.5 Å². The van der Waals surface area contributed by atoms with Crippen LogP contribution in [0.2, 0.25) is 0 Å². The highest BCUT2D eigenvalue weighted by Crippen LogP contribution is 2.33. The van der Waals surface area contributed by atoms with Gasteiger partial charge in [-0.05, 0) is 79.2 Å². The molecule has 0 unspecified atom stereocenters. The third kappa shape index (κ3) is 8.74. The lowest BCUT2D eigenvalue weighted by Crippen LogP contribution is -2.53. The fourth-order valence-electron chi connectivity index (χ4n) is 7.69. The summed E-state index contributed by atoms with van der Waals surface area (Å²) in [5.74, 6) is -2.78. The average molecular weight is 842 g/mol. The number of pyridine rings is 2. The third-order valence-electron chi connectivity index (χ3n) is 10.9. The number of hydrogen-bond acceptors (Lipinski definition) is 10. The molecule has 3 aromatic carbocycles. The highest BCUT2D eigenvalue weighted by atomic mass is 19.4. The van der Waals surface area contributed by atoms with E-state index < -0.39 is 59.4 Å². The minimum absolute atomic E-state index is 0.00377. The van der Waals surface area contributed by atoms with Gasteiger partial charge in [0.05, 0.1) is 47.1 Å². The summed E-state index contributed by atoms with van der Waals surface area (Å²) in [6, 6.07) is 13.6. The van der Waals surface area contributed by atoms with E-state index in [1.807, 2.05) is 19.9 Å². The Morgan fingerprint density at radius 1 is 1.02 bits per heavy atom. The first-order chi connectivity index (χ1) is 29.2. The summed E-state index contributed by atoms with van der Waals surface area (Å²) in [7, 11) is 1.52. The summed E-state index contributed by atoms with van der Waals surface area (Å²) in [4.78, 5) is 67.4. The molecular weight excluding hydrogens is 799 g/mol. The fraction of sp³-hybridized carbons (Fsp3) is 0.318. The molecule has 0 radical (unpaired) electrons. The first-order valence-electron chi connectivity index (χ1n) is 19.7. The average Bonchev–Trinajstić information content (AvgIpc) is 3.24. The molecule has 13 nitrogen and oxygen atoms in total. The van der Waals surface area contributed by atoms with Gasteiger partial charge in [0.15, 0.2) is 0 Å². The van der Waals surface area contributed by atoms with E-state index in [2.05, 4.69) is 20.2 Å². The number of aromatic nitrogens is 4. The van der Waals surface area contributed by atoms with E-state index in [4.69, 9.17) is 9.47 Å². The van der Waals surface area contributed by atoms with Crippen molar-refractivity contribution in [2.75, 3.05) is 37.7 Å². The van der Waals surface area contributed by atoms with Crippen LogP contribution in [0.4, 0.5) is 23.2 Å². The number of nitrogens with one attached hydrogen (secondary N) is 1. The molecule has 4 heterocycles. The van der Waals surface area contributed by atoms with Gasteiger partial charge < -0.3 is 19.7 Å². The van der Waals surface area contributed by atoms with Crippen LogP contribution in [0.5, 0.6) is 5.75 Å². The molecule has 3 aromatic heterocycles. The Balaban J connectivity index is 1.26. The smallest absolute Gasteiger partial charge is 0.411 e. The van der Waals surface area contributed by atoms with E-state index in [1.54, 1.807) is 36.4 Å². The standard InChI is InChI=1S/C44H43F4N7O6/c1-5-53(6-2)24-27-9-7-10-30(20-27)61-42(58)34(51-40(56)38-26(3)19-29(22-33(38)45)54-17-18-60-25-37(54)44(46,47)48)21-28-12-13-35(39-31(28)11-8-15-50-39)55-41(57)32-14-16-49-23-36(32)52(4)43(55)59/h7-16,19-20,22-23,34,37H,5-6,17-18,21,24-25H2,1-4H3,(H,51,56)/t34-,37+/m0/s1. The Hall–Kier alpha value is -6.46. The zero-order valence-electron chi connectivity index (χ0n) is 33.8. The van der Waals surface area contributed by atoms with E-state index >= 15 is 4.39 Å². The zero-order valence-corrected chi connectivity index (χ0v) is 33.8. The van der Waals surface area contributed by atoms with Gasteiger partial charge in [-0.2, -0.15) is 13.2 Å². The molecule has 318 valence electrons. The van der Waals surface area contributed by atoms with Crippen LogP contribution in [-0.2, 0) is 29.5 Å². The van der Waals surface area contributed by atoms with Crippen LogP contribution in [0, 0.1) is 12.7 Å². The SMILES string of the molecule is CCN(CC)Cc1cccc(OC(=O)[C@H](Cc2ccc(-n3c(=O)c4ccncc4n(C)c3=O)c3ncccc23)NC(=O)c2c(C)cc(N3CCOC[C@@H]3C(F)(F)F)cc2F)c1. The number of hydrogen-bond donors (Lipinski definition) is 1. The molecule has 0 bridgehead atoms. The molecule has 0 aliphatic carbocycles. The van der Waals surface area contributed by atoms with Crippen LogP contribution in [0.25, 0.3) is 27.5 Å². The van der Waals surface area contributed by atoms with Crippen LogP contribution in [0.3, 0.4) is 0 Å². The topological polar surface area (TPSA) is 141 Å². The lowest BCUT2D eigenvalue weighted by molar-refractivity contribution is -0.167. The van der Waals surface area contributed by atoms with Crippen molar-refractivity contribution in [1.82, 2.24) is 29.3 Å². The Morgan fingerprint density at radius 2 is 1.80 bits per heavy atom. The normalized spacial score (nSPS) is 15.0. The number of alkyl halides is 3. The van der Waals surface area contributed by atoms with Crippen molar-refractivity contribution in [2.24, 2.45) is 7.05 Å². The highest BCUT2D eigenvalue weighted by molar-refractivity contribution is 5.99. The van der Waals surface area contributed by atoms with Crippen molar-refractivity contribution >= 4 is 39.4 Å². The number of benzene rings is 3. The van der Waals surface area contributed by atoms with Crippen LogP contribution >= 0.6 is 0 Å². The van der Waals surface area contributed by atoms with E-state index in [-0.39, 0.29) is 53.2 Å². The molecule has 0 spiro atoms. The molecule has 0 saturated carbocycles. The first kappa shape index (κ1) is 42.7. The van der Waals surface area contributed by atoms with Crippen LogP contribution < -0.4 is 26.2 Å². The Kier molecular flexibility index (Phi) is 12.3. The van der Waals surface area contributed by atoms with Gasteiger partial charge in [-0.15, -0.1) is 0 Å². The van der Waals surface area contributed by atoms with Crippen molar-refractivity contribution in [3.8, 4) is 11.4 Å². The van der Waals surface area contributed by atoms with Crippen molar-refractivity contribution in [1.29, 1.82) is 0 Å². The molecule has 1 N–H and O–H groups in total. The number of fused-ring (bicyclic) bond motifs is 2. The van der Waals surface area contributed by atoms with Gasteiger partial charge in [0.2, 0.25) is 0 Å². The number of rotatable bonds is 12. The van der Waals surface area contributed by atoms with Gasteiger partial charge >= 0.3 is 17.8 Å². The molecular formula is C44H43F4N7O6. The van der Waals surface area contributed by atoms with Crippen molar-refractivity contribution in [3.63, 3.8) is 0 Å². The number of anilines is 1. The number of amides is 1. The van der Waals surface area contributed by atoms with Crippen LogP contribution in [0.1, 0.15) is 40.9 Å². The molecule has 61 heavy (non-hydrogen) atoms. The summed E-state index contributed by atoms with van der Waals surface area (Å²) in [6.45, 7) is 6.85. The van der Waals surface area contributed by atoms with Gasteiger partial charge in [-0.1, -0.05) is 38.1 Å². The fourth-order valence-corrected chi connectivity index (χ4v) is 7.69. The molecule has 1 amide bonds. The lowest BCUT2D eigenvalue weighted by Gasteiger charge is -2.38. The minimum Gasteiger partial charge on any atom is -0.425 e. The molecule has 1 aliphatic rings. The Labute approximate surface area is 347 Å². The number of carbonyl (C=O) groups is 2. The number of esters is 1. The predicted molar refractivity (Wildman–Crippen MR) is 221 cm³/mol. The molecule has 1 saturated heterocycles. The molecule has 17 heteroatoms. The van der Waals surface area contributed by atoms with Gasteiger partial charge in [0, 0.05) is 50.0 Å². The zero-order chi connectivity index (χ0) is 43.6. The second kappa shape index (κ2) is 17.6. The molecule has 1 aliphatic heterocycles. The van der Waals surface area contributed by atoms with Crippen molar-refractivity contribution in [3.05, 3.63) is 134 Å². The number of nitrogens with zero attached hydrogens (tertiary/aromatic N) is 6. The number of carbonyl (C=O) groups excluding carboxylic acids is 2. The lowest BCUT2D eigenvalue weighted by atomic mass is 9.99. The van der Waals surface area contributed by atoms with Crippen molar-refractivity contribution in [2.45, 2.75) is 52.0 Å². The quantitative estimate of drug-likeness (QED) is 0.0937. The number of halogens is 4. The highest BCUT2D eigenvalue weighted by Gasteiger charge is 2.45. The molecule has 2 atom stereocenters. The van der Waals surface area contributed by atoms with Crippen LogP contribution in [-0.4, -0.2) is 87.0 Å². The molecule has 7 rings (SSSR count). The van der Waals surface area contributed by atoms with E-state index in [9.17, 15) is 32.3 Å². The minimum atomic E-state index is -4.66. The summed E-state index contributed by atoms with van der Waals surface area (Å²) < 4.78 is 70.9. The maximum atomic E-state index is 16.0. The van der Waals surface area contributed by atoms with Crippen molar-refractivity contribution < 1.29 is 36.6 Å². The largest absolute Gasteiger partial charge is 0.425 e. The number of aryl methyl sites for hydroxylation is 2. The second-order valence-corrected chi connectivity index (χ2v) is 14.7. The maximum Gasteiger partial charge on any atom is 0.411 e. The first-order valence-corrected chi connectivity index (χ1v) is 19.7.